The first kappa shape index (κ1) is 18.1. The first-order chi connectivity index (χ1) is 10.1. The van der Waals surface area contributed by atoms with Crippen LogP contribution in [0.5, 0.6) is 0 Å². The van der Waals surface area contributed by atoms with Crippen molar-refractivity contribution in [2.24, 2.45) is 5.41 Å². The minimum atomic E-state index is 0.342. The van der Waals surface area contributed by atoms with E-state index >= 15 is 0 Å². The van der Waals surface area contributed by atoms with Crippen molar-refractivity contribution in [2.75, 3.05) is 26.2 Å². The number of rotatable bonds is 11. The third kappa shape index (κ3) is 7.05. The lowest BCUT2D eigenvalue weighted by molar-refractivity contribution is 0.148. The van der Waals surface area contributed by atoms with Crippen molar-refractivity contribution in [1.29, 1.82) is 0 Å². The lowest BCUT2D eigenvalue weighted by Gasteiger charge is -2.35. The summed E-state index contributed by atoms with van der Waals surface area (Å²) in [5.41, 5.74) is 1.51. The maximum absolute atomic E-state index is 4.46. The van der Waals surface area contributed by atoms with Crippen LogP contribution in [0.3, 0.4) is 0 Å². The maximum Gasteiger partial charge on any atom is 0.0543 e. The van der Waals surface area contributed by atoms with Gasteiger partial charge >= 0.3 is 0 Å². The molecule has 120 valence electrons. The van der Waals surface area contributed by atoms with Crippen LogP contribution in [-0.2, 0) is 6.54 Å². The van der Waals surface area contributed by atoms with Crippen LogP contribution in [0.2, 0.25) is 0 Å². The van der Waals surface area contributed by atoms with Crippen molar-refractivity contribution in [1.82, 2.24) is 15.2 Å². The van der Waals surface area contributed by atoms with Gasteiger partial charge in [-0.15, -0.1) is 0 Å². The van der Waals surface area contributed by atoms with Crippen LogP contribution in [0.4, 0.5) is 0 Å². The topological polar surface area (TPSA) is 28.2 Å². The van der Waals surface area contributed by atoms with Crippen molar-refractivity contribution < 1.29 is 0 Å². The Labute approximate surface area is 131 Å². The fraction of sp³-hybridized carbons (Fsp3) is 0.722. The molecule has 1 aromatic rings. The number of hydrogen-bond acceptors (Lipinski definition) is 3. The second-order valence-electron chi connectivity index (χ2n) is 6.36. The molecule has 3 nitrogen and oxygen atoms in total. The zero-order chi connectivity index (χ0) is 15.6. The minimum absolute atomic E-state index is 0.342. The minimum Gasteiger partial charge on any atom is -0.316 e. The van der Waals surface area contributed by atoms with Crippen LogP contribution >= 0.6 is 0 Å². The molecule has 21 heavy (non-hydrogen) atoms. The zero-order valence-electron chi connectivity index (χ0n) is 14.4. The van der Waals surface area contributed by atoms with Gasteiger partial charge in [0.05, 0.1) is 5.69 Å². The molecule has 3 heteroatoms. The van der Waals surface area contributed by atoms with Crippen LogP contribution in [0.25, 0.3) is 0 Å². The highest BCUT2D eigenvalue weighted by atomic mass is 15.1. The highest BCUT2D eigenvalue weighted by Gasteiger charge is 2.25. The Balaban J connectivity index is 2.60. The van der Waals surface area contributed by atoms with Crippen LogP contribution in [0.15, 0.2) is 24.4 Å². The van der Waals surface area contributed by atoms with E-state index in [9.17, 15) is 0 Å². The van der Waals surface area contributed by atoms with Crippen LogP contribution in [-0.4, -0.2) is 36.1 Å². The molecule has 1 aromatic heterocycles. The summed E-state index contributed by atoms with van der Waals surface area (Å²) in [5.74, 6) is 0. The van der Waals surface area contributed by atoms with Gasteiger partial charge in [0.15, 0.2) is 0 Å². The summed E-state index contributed by atoms with van der Waals surface area (Å²) in [4.78, 5) is 6.98. The molecule has 0 saturated heterocycles. The molecule has 0 aromatic carbocycles. The Hall–Kier alpha value is -0.930. The molecule has 1 heterocycles. The van der Waals surface area contributed by atoms with Gasteiger partial charge in [0.2, 0.25) is 0 Å². The standard InChI is InChI=1S/C18H33N3/c1-5-11-18(4,15-19-12-6-2)16-21(7-3)14-17-10-8-9-13-20-17/h8-10,13,19H,5-7,11-12,14-16H2,1-4H3. The van der Waals surface area contributed by atoms with Gasteiger partial charge in [-0.3, -0.25) is 9.88 Å². The molecule has 1 unspecified atom stereocenters. The number of hydrogen-bond donors (Lipinski definition) is 1. The monoisotopic (exact) mass is 291 g/mol. The van der Waals surface area contributed by atoms with E-state index in [0.29, 0.717) is 5.41 Å². The number of nitrogens with one attached hydrogen (secondary N) is 1. The Morgan fingerprint density at radius 3 is 2.57 bits per heavy atom. The van der Waals surface area contributed by atoms with Gasteiger partial charge in [-0.25, -0.2) is 0 Å². The zero-order valence-corrected chi connectivity index (χ0v) is 14.4. The highest BCUT2D eigenvalue weighted by molar-refractivity contribution is 5.03. The molecule has 1 N–H and O–H groups in total. The van der Waals surface area contributed by atoms with E-state index in [2.05, 4.69) is 55.0 Å². The van der Waals surface area contributed by atoms with Gasteiger partial charge in [0, 0.05) is 25.8 Å². The summed E-state index contributed by atoms with van der Waals surface area (Å²) in [6, 6.07) is 6.18. The summed E-state index contributed by atoms with van der Waals surface area (Å²) in [5, 5.41) is 3.61. The first-order valence-corrected chi connectivity index (χ1v) is 8.46. The SMILES string of the molecule is CCCNCC(C)(CCC)CN(CC)Cc1ccccn1. The predicted molar refractivity (Wildman–Crippen MR) is 91.4 cm³/mol. The van der Waals surface area contributed by atoms with E-state index in [1.54, 1.807) is 0 Å². The Morgan fingerprint density at radius 1 is 1.19 bits per heavy atom. The molecule has 0 bridgehead atoms. The van der Waals surface area contributed by atoms with E-state index in [-0.39, 0.29) is 0 Å². The number of nitrogens with zero attached hydrogens (tertiary/aromatic N) is 2. The third-order valence-corrected chi connectivity index (χ3v) is 4.00. The van der Waals surface area contributed by atoms with Gasteiger partial charge in [-0.1, -0.05) is 40.2 Å². The molecule has 0 aliphatic heterocycles. The average Bonchev–Trinajstić information content (AvgIpc) is 2.48. The molecule has 0 aliphatic carbocycles. The van der Waals surface area contributed by atoms with E-state index in [1.807, 2.05) is 12.3 Å². The molecular weight excluding hydrogens is 258 g/mol. The fourth-order valence-electron chi connectivity index (χ4n) is 2.93. The first-order valence-electron chi connectivity index (χ1n) is 8.46. The van der Waals surface area contributed by atoms with Gasteiger partial charge in [-0.2, -0.15) is 0 Å². The van der Waals surface area contributed by atoms with Crippen molar-refractivity contribution >= 4 is 0 Å². The molecule has 0 amide bonds. The molecule has 0 radical (unpaired) electrons. The Bertz CT molecular complexity index is 366. The second kappa shape index (κ2) is 9.91. The summed E-state index contributed by atoms with van der Waals surface area (Å²) in [6.07, 6.45) is 5.60. The summed E-state index contributed by atoms with van der Waals surface area (Å²) < 4.78 is 0. The summed E-state index contributed by atoms with van der Waals surface area (Å²) in [7, 11) is 0. The van der Waals surface area contributed by atoms with Crippen molar-refractivity contribution in [3.05, 3.63) is 30.1 Å². The van der Waals surface area contributed by atoms with Crippen molar-refractivity contribution in [3.63, 3.8) is 0 Å². The van der Waals surface area contributed by atoms with Gasteiger partial charge in [-0.05, 0) is 43.5 Å². The highest BCUT2D eigenvalue weighted by Crippen LogP contribution is 2.24. The number of pyridine rings is 1. The molecule has 0 spiro atoms. The molecule has 1 rings (SSSR count). The van der Waals surface area contributed by atoms with Gasteiger partial charge in [0.1, 0.15) is 0 Å². The quantitative estimate of drug-likeness (QED) is 0.630. The number of aromatic nitrogens is 1. The van der Waals surface area contributed by atoms with Crippen LogP contribution < -0.4 is 5.32 Å². The van der Waals surface area contributed by atoms with Gasteiger partial charge in [0.25, 0.3) is 0 Å². The molecule has 0 saturated carbocycles. The van der Waals surface area contributed by atoms with E-state index in [0.717, 1.165) is 32.7 Å². The van der Waals surface area contributed by atoms with Crippen molar-refractivity contribution in [3.8, 4) is 0 Å². The van der Waals surface area contributed by atoms with E-state index in [4.69, 9.17) is 0 Å². The summed E-state index contributed by atoms with van der Waals surface area (Å²) in [6.45, 7) is 14.5. The predicted octanol–water partition coefficient (Wildman–Crippen LogP) is 3.71. The fourth-order valence-corrected chi connectivity index (χ4v) is 2.93. The summed E-state index contributed by atoms with van der Waals surface area (Å²) >= 11 is 0. The molecule has 0 fully saturated rings. The normalized spacial score (nSPS) is 14.3. The van der Waals surface area contributed by atoms with E-state index in [1.165, 1.54) is 25.0 Å². The van der Waals surface area contributed by atoms with Crippen molar-refractivity contribution in [2.45, 2.75) is 53.5 Å². The largest absolute Gasteiger partial charge is 0.316 e. The molecular formula is C18H33N3. The molecule has 1 atom stereocenters. The van der Waals surface area contributed by atoms with E-state index < -0.39 is 0 Å². The maximum atomic E-state index is 4.46. The lowest BCUT2D eigenvalue weighted by atomic mass is 9.84. The average molecular weight is 291 g/mol. The Morgan fingerprint density at radius 2 is 2.00 bits per heavy atom. The Kier molecular flexibility index (Phi) is 8.55. The third-order valence-electron chi connectivity index (χ3n) is 4.00. The van der Waals surface area contributed by atoms with Crippen LogP contribution in [0, 0.1) is 5.41 Å². The smallest absolute Gasteiger partial charge is 0.0543 e. The molecule has 0 aliphatic rings. The van der Waals surface area contributed by atoms with Gasteiger partial charge < -0.3 is 5.32 Å². The van der Waals surface area contributed by atoms with Crippen LogP contribution in [0.1, 0.15) is 52.7 Å². The lowest BCUT2D eigenvalue weighted by Crippen LogP contribution is -2.42. The second-order valence-corrected chi connectivity index (χ2v) is 6.36.